The number of likely N-dealkylation sites (N-methyl/N-ethyl adjacent to an activating group) is 1. The normalized spacial score (nSPS) is 22.4. The van der Waals surface area contributed by atoms with Crippen molar-refractivity contribution >= 4 is 15.9 Å². The average Bonchev–Trinajstić information content (AvgIpc) is 2.76. The summed E-state index contributed by atoms with van der Waals surface area (Å²) < 4.78 is 25.5. The molecule has 0 spiro atoms. The molecule has 1 aliphatic heterocycles. The van der Waals surface area contributed by atoms with Crippen LogP contribution >= 0.6 is 0 Å². The quantitative estimate of drug-likeness (QED) is 0.749. The number of aliphatic hydroxyl groups excluding tert-OH is 1. The van der Waals surface area contributed by atoms with Crippen molar-refractivity contribution in [2.24, 2.45) is 0 Å². The summed E-state index contributed by atoms with van der Waals surface area (Å²) >= 11 is 0. The van der Waals surface area contributed by atoms with Gasteiger partial charge in [0.2, 0.25) is 15.9 Å². The lowest BCUT2D eigenvalue weighted by Crippen LogP contribution is -2.48. The number of carbonyl (C=O) groups excluding carboxylic acids is 1. The maximum atomic E-state index is 12.3. The lowest BCUT2D eigenvalue weighted by molar-refractivity contribution is -0.134. The van der Waals surface area contributed by atoms with E-state index in [1.165, 1.54) is 9.21 Å². The molecule has 0 aromatic rings. The molecule has 1 heterocycles. The van der Waals surface area contributed by atoms with E-state index in [-0.39, 0.29) is 18.2 Å². The number of sulfonamides is 1. The van der Waals surface area contributed by atoms with Gasteiger partial charge in [-0.3, -0.25) is 4.79 Å². The molecule has 6 nitrogen and oxygen atoms in total. The van der Waals surface area contributed by atoms with E-state index in [0.717, 1.165) is 0 Å². The van der Waals surface area contributed by atoms with E-state index < -0.39 is 22.2 Å². The Morgan fingerprint density at radius 3 is 2.68 bits per heavy atom. The Bertz CT molecular complexity index is 408. The first-order chi connectivity index (χ1) is 8.79. The highest BCUT2D eigenvalue weighted by Crippen LogP contribution is 2.23. The van der Waals surface area contributed by atoms with Crippen LogP contribution in [0.2, 0.25) is 0 Å². The molecule has 7 heteroatoms. The van der Waals surface area contributed by atoms with Crippen LogP contribution in [-0.2, 0) is 14.8 Å². The number of hydrogen-bond donors (Lipinski definition) is 1. The van der Waals surface area contributed by atoms with Crippen molar-refractivity contribution in [1.82, 2.24) is 9.21 Å². The van der Waals surface area contributed by atoms with Crippen molar-refractivity contribution in [3.05, 3.63) is 0 Å². The van der Waals surface area contributed by atoms with Gasteiger partial charge in [-0.15, -0.1) is 0 Å². The van der Waals surface area contributed by atoms with Crippen molar-refractivity contribution in [2.75, 3.05) is 25.9 Å². The summed E-state index contributed by atoms with van der Waals surface area (Å²) in [6, 6.07) is -0.597. The number of amides is 1. The lowest BCUT2D eigenvalue weighted by atomic mass is 10.2. The third kappa shape index (κ3) is 4.15. The standard InChI is InChI=1S/C12H24N2O4S/c1-4-8-19(17,18)14-7-5-6-11(14)12(16)13(3)9-10(2)15/h10-11,15H,4-9H2,1-3H3. The van der Waals surface area contributed by atoms with Crippen molar-refractivity contribution in [3.8, 4) is 0 Å². The first kappa shape index (κ1) is 16.4. The molecule has 112 valence electrons. The third-order valence-electron chi connectivity index (χ3n) is 3.22. The number of aliphatic hydroxyl groups is 1. The van der Waals surface area contributed by atoms with Crippen LogP contribution in [0.25, 0.3) is 0 Å². The molecular weight excluding hydrogens is 268 g/mol. The molecule has 0 aliphatic carbocycles. The number of hydrogen-bond acceptors (Lipinski definition) is 4. The van der Waals surface area contributed by atoms with Crippen LogP contribution in [0.1, 0.15) is 33.1 Å². The fraction of sp³-hybridized carbons (Fsp3) is 0.917. The molecule has 0 aromatic heterocycles. The fourth-order valence-electron chi connectivity index (χ4n) is 2.44. The third-order valence-corrected chi connectivity index (χ3v) is 5.30. The summed E-state index contributed by atoms with van der Waals surface area (Å²) in [6.07, 6.45) is 1.20. The maximum Gasteiger partial charge on any atom is 0.240 e. The van der Waals surface area contributed by atoms with E-state index in [4.69, 9.17) is 0 Å². The van der Waals surface area contributed by atoms with Gasteiger partial charge in [0.1, 0.15) is 6.04 Å². The molecule has 2 unspecified atom stereocenters. The van der Waals surface area contributed by atoms with E-state index in [1.54, 1.807) is 14.0 Å². The lowest BCUT2D eigenvalue weighted by Gasteiger charge is -2.28. The average molecular weight is 292 g/mol. The zero-order valence-electron chi connectivity index (χ0n) is 11.9. The molecule has 0 bridgehead atoms. The highest BCUT2D eigenvalue weighted by molar-refractivity contribution is 7.89. The molecule has 1 N–H and O–H groups in total. The molecule has 2 atom stereocenters. The molecule has 1 rings (SSSR count). The Kier molecular flexibility index (Phi) is 5.76. The smallest absolute Gasteiger partial charge is 0.240 e. The molecule has 1 saturated heterocycles. The minimum atomic E-state index is -3.34. The summed E-state index contributed by atoms with van der Waals surface area (Å²) in [5, 5.41) is 9.30. The zero-order valence-corrected chi connectivity index (χ0v) is 12.7. The van der Waals surface area contributed by atoms with Gasteiger partial charge in [-0.1, -0.05) is 6.92 Å². The van der Waals surface area contributed by atoms with Crippen LogP contribution < -0.4 is 0 Å². The highest BCUT2D eigenvalue weighted by atomic mass is 32.2. The van der Waals surface area contributed by atoms with Crippen molar-refractivity contribution in [3.63, 3.8) is 0 Å². The summed E-state index contributed by atoms with van der Waals surface area (Å²) in [4.78, 5) is 13.7. The number of carbonyl (C=O) groups is 1. The monoisotopic (exact) mass is 292 g/mol. The van der Waals surface area contributed by atoms with Crippen LogP contribution in [0.5, 0.6) is 0 Å². The molecule has 1 fully saturated rings. The molecule has 1 amide bonds. The Labute approximate surface area is 115 Å². The van der Waals surface area contributed by atoms with E-state index in [9.17, 15) is 18.3 Å². The Morgan fingerprint density at radius 2 is 2.16 bits per heavy atom. The van der Waals surface area contributed by atoms with Gasteiger partial charge >= 0.3 is 0 Å². The Balaban J connectivity index is 2.79. The van der Waals surface area contributed by atoms with Crippen LogP contribution in [0, 0.1) is 0 Å². The van der Waals surface area contributed by atoms with Crippen LogP contribution in [0.4, 0.5) is 0 Å². The molecule has 0 saturated carbocycles. The predicted octanol–water partition coefficient (Wildman–Crippen LogP) is 0.0298. The summed E-state index contributed by atoms with van der Waals surface area (Å²) in [5.74, 6) is -0.144. The van der Waals surface area contributed by atoms with Gasteiger partial charge in [0.05, 0.1) is 11.9 Å². The minimum Gasteiger partial charge on any atom is -0.392 e. The minimum absolute atomic E-state index is 0.0803. The Hall–Kier alpha value is -0.660. The molecule has 0 aromatic carbocycles. The molecule has 1 aliphatic rings. The van der Waals surface area contributed by atoms with Crippen molar-refractivity contribution in [1.29, 1.82) is 0 Å². The SMILES string of the molecule is CCCS(=O)(=O)N1CCCC1C(=O)N(C)CC(C)O. The largest absolute Gasteiger partial charge is 0.392 e. The van der Waals surface area contributed by atoms with Gasteiger partial charge < -0.3 is 10.0 Å². The topological polar surface area (TPSA) is 77.9 Å². The van der Waals surface area contributed by atoms with Gasteiger partial charge in [0.25, 0.3) is 0 Å². The van der Waals surface area contributed by atoms with Crippen LogP contribution in [0.15, 0.2) is 0 Å². The number of nitrogens with zero attached hydrogens (tertiary/aromatic N) is 2. The number of rotatable bonds is 6. The summed E-state index contributed by atoms with van der Waals surface area (Å²) in [5.41, 5.74) is 0. The van der Waals surface area contributed by atoms with Gasteiger partial charge in [-0.05, 0) is 26.2 Å². The second-order valence-corrected chi connectivity index (χ2v) is 7.19. The zero-order chi connectivity index (χ0) is 14.6. The molecule has 0 radical (unpaired) electrons. The fourth-order valence-corrected chi connectivity index (χ4v) is 4.18. The van der Waals surface area contributed by atoms with E-state index >= 15 is 0 Å². The highest BCUT2D eigenvalue weighted by Gasteiger charge is 2.39. The van der Waals surface area contributed by atoms with Crippen LogP contribution in [0.3, 0.4) is 0 Å². The van der Waals surface area contributed by atoms with Gasteiger partial charge in [-0.25, -0.2) is 8.42 Å². The molecular formula is C12H24N2O4S. The Morgan fingerprint density at radius 1 is 1.53 bits per heavy atom. The molecule has 19 heavy (non-hydrogen) atoms. The summed E-state index contributed by atoms with van der Waals surface area (Å²) in [7, 11) is -1.75. The predicted molar refractivity (Wildman–Crippen MR) is 73.1 cm³/mol. The maximum absolute atomic E-state index is 12.3. The second kappa shape index (κ2) is 6.67. The van der Waals surface area contributed by atoms with E-state index in [0.29, 0.717) is 25.8 Å². The van der Waals surface area contributed by atoms with E-state index in [2.05, 4.69) is 0 Å². The summed E-state index contributed by atoms with van der Waals surface area (Å²) in [6.45, 7) is 4.05. The van der Waals surface area contributed by atoms with Gasteiger partial charge in [-0.2, -0.15) is 4.31 Å². The first-order valence-corrected chi connectivity index (χ1v) is 8.33. The van der Waals surface area contributed by atoms with Crippen LogP contribution in [-0.4, -0.2) is 66.7 Å². The van der Waals surface area contributed by atoms with Crippen molar-refractivity contribution < 1.29 is 18.3 Å². The van der Waals surface area contributed by atoms with Gasteiger partial charge in [0, 0.05) is 20.1 Å². The van der Waals surface area contributed by atoms with Gasteiger partial charge in [0.15, 0.2) is 0 Å². The second-order valence-electron chi connectivity index (χ2n) is 5.15. The van der Waals surface area contributed by atoms with E-state index in [1.807, 2.05) is 6.92 Å². The van der Waals surface area contributed by atoms with Crippen molar-refractivity contribution in [2.45, 2.75) is 45.3 Å². The first-order valence-electron chi connectivity index (χ1n) is 6.72.